The van der Waals surface area contributed by atoms with E-state index in [2.05, 4.69) is 0 Å². The van der Waals surface area contributed by atoms with Crippen LogP contribution < -0.4 is 0 Å². The summed E-state index contributed by atoms with van der Waals surface area (Å²) in [5, 5.41) is 35.6. The average Bonchev–Trinajstić information content (AvgIpc) is 2.34. The van der Waals surface area contributed by atoms with Crippen LogP contribution in [0.2, 0.25) is 0 Å². The summed E-state index contributed by atoms with van der Waals surface area (Å²) in [6, 6.07) is 2.66. The van der Waals surface area contributed by atoms with Gasteiger partial charge in [0.25, 0.3) is 0 Å². The minimum atomic E-state index is -1.26. The van der Waals surface area contributed by atoms with E-state index < -0.39 is 49.6 Å². The zero-order valence-corrected chi connectivity index (χ0v) is 11.4. The van der Waals surface area contributed by atoms with E-state index >= 15 is 0 Å². The lowest BCUT2D eigenvalue weighted by Crippen LogP contribution is -2.16. The van der Waals surface area contributed by atoms with Crippen LogP contribution in [0.4, 0.5) is 0 Å². The zero-order valence-electron chi connectivity index (χ0n) is 11.4. The van der Waals surface area contributed by atoms with Crippen LogP contribution in [0.5, 0.6) is 0 Å². The number of carbonyl (C=O) groups is 4. The van der Waals surface area contributed by atoms with Gasteiger partial charge in [-0.2, -0.15) is 0 Å². The van der Waals surface area contributed by atoms with Crippen molar-refractivity contribution in [1.29, 1.82) is 0 Å². The second kappa shape index (κ2) is 7.21. The Labute approximate surface area is 124 Å². The molecular weight excluding hydrogens is 296 g/mol. The van der Waals surface area contributed by atoms with Crippen molar-refractivity contribution in [3.05, 3.63) is 34.4 Å². The summed E-state index contributed by atoms with van der Waals surface area (Å²) in [5.41, 5.74) is 0.438. The normalized spacial score (nSPS) is 10.2. The van der Waals surface area contributed by atoms with Crippen molar-refractivity contribution in [1.82, 2.24) is 0 Å². The van der Waals surface area contributed by atoms with Crippen molar-refractivity contribution in [2.24, 2.45) is 0 Å². The molecule has 0 spiro atoms. The van der Waals surface area contributed by atoms with E-state index in [4.69, 9.17) is 20.4 Å². The van der Waals surface area contributed by atoms with Gasteiger partial charge in [-0.1, -0.05) is 12.1 Å². The number of benzene rings is 1. The second-order valence-corrected chi connectivity index (χ2v) is 4.62. The third-order valence-corrected chi connectivity index (χ3v) is 2.96. The third-order valence-electron chi connectivity index (χ3n) is 2.96. The quantitative estimate of drug-likeness (QED) is 0.531. The molecule has 118 valence electrons. The predicted molar refractivity (Wildman–Crippen MR) is 71.8 cm³/mol. The molecule has 0 radical (unpaired) electrons. The first-order valence-electron chi connectivity index (χ1n) is 6.20. The fraction of sp³-hybridized carbons (Fsp3) is 0.286. The summed E-state index contributed by atoms with van der Waals surface area (Å²) in [7, 11) is 0. The highest BCUT2D eigenvalue weighted by molar-refractivity contribution is 5.79. The number of carboxylic acid groups (broad SMARTS) is 4. The summed E-state index contributed by atoms with van der Waals surface area (Å²) < 4.78 is 0. The Bertz CT molecular complexity index is 577. The lowest BCUT2D eigenvalue weighted by atomic mass is 9.89. The molecule has 0 bridgehead atoms. The molecule has 1 aromatic rings. The highest BCUT2D eigenvalue weighted by atomic mass is 16.4. The smallest absolute Gasteiger partial charge is 0.307 e. The van der Waals surface area contributed by atoms with E-state index in [1.165, 1.54) is 12.1 Å². The first kappa shape index (κ1) is 17.2. The van der Waals surface area contributed by atoms with Gasteiger partial charge in [0.2, 0.25) is 0 Å². The Hall–Kier alpha value is -2.90. The van der Waals surface area contributed by atoms with E-state index in [-0.39, 0.29) is 22.3 Å². The van der Waals surface area contributed by atoms with Gasteiger partial charge in [-0.3, -0.25) is 19.2 Å². The monoisotopic (exact) mass is 310 g/mol. The standard InChI is InChI=1S/C14H14O8/c15-11(16)3-7-1-2-8(4-12(17)18)10(6-14(21)22)9(7)5-13(19)20/h1-2H,3-6H2,(H,15,16)(H,17,18)(H,19,20)(H,21,22). The molecule has 4 N–H and O–H groups in total. The molecule has 1 aromatic carbocycles. The molecule has 22 heavy (non-hydrogen) atoms. The molecule has 0 saturated heterocycles. The van der Waals surface area contributed by atoms with Crippen molar-refractivity contribution < 1.29 is 39.6 Å². The molecule has 0 heterocycles. The maximum atomic E-state index is 11.0. The topological polar surface area (TPSA) is 149 Å². The summed E-state index contributed by atoms with van der Waals surface area (Å²) in [4.78, 5) is 43.6. The lowest BCUT2D eigenvalue weighted by molar-refractivity contribution is -0.138. The van der Waals surface area contributed by atoms with Crippen molar-refractivity contribution in [3.8, 4) is 0 Å². The van der Waals surface area contributed by atoms with Crippen molar-refractivity contribution >= 4 is 23.9 Å². The first-order valence-corrected chi connectivity index (χ1v) is 6.20. The summed E-state index contributed by atoms with van der Waals surface area (Å²) in [6.45, 7) is 0. The van der Waals surface area contributed by atoms with Gasteiger partial charge in [-0.15, -0.1) is 0 Å². The highest BCUT2D eigenvalue weighted by Gasteiger charge is 2.20. The van der Waals surface area contributed by atoms with E-state index in [1.807, 2.05) is 0 Å². The molecule has 0 aliphatic heterocycles. The van der Waals surface area contributed by atoms with Crippen molar-refractivity contribution in [2.75, 3.05) is 0 Å². The Balaban J connectivity index is 3.48. The lowest BCUT2D eigenvalue weighted by Gasteiger charge is -2.15. The molecule has 0 amide bonds. The van der Waals surface area contributed by atoms with E-state index in [0.29, 0.717) is 0 Å². The summed E-state index contributed by atoms with van der Waals surface area (Å²) >= 11 is 0. The highest BCUT2D eigenvalue weighted by Crippen LogP contribution is 2.23. The molecule has 0 saturated carbocycles. The molecule has 0 atom stereocenters. The van der Waals surface area contributed by atoms with E-state index in [9.17, 15) is 19.2 Å². The van der Waals surface area contributed by atoms with Gasteiger partial charge in [0.1, 0.15) is 0 Å². The van der Waals surface area contributed by atoms with Crippen LogP contribution in [-0.2, 0) is 44.9 Å². The fourth-order valence-electron chi connectivity index (χ4n) is 2.19. The number of carboxylic acids is 4. The second-order valence-electron chi connectivity index (χ2n) is 4.62. The number of hydrogen-bond donors (Lipinski definition) is 4. The van der Waals surface area contributed by atoms with Crippen LogP contribution >= 0.6 is 0 Å². The SMILES string of the molecule is O=C(O)Cc1ccc(CC(=O)O)c(CC(=O)O)c1CC(=O)O. The molecular formula is C14H14O8. The largest absolute Gasteiger partial charge is 0.481 e. The van der Waals surface area contributed by atoms with Crippen LogP contribution in [0, 0.1) is 0 Å². The van der Waals surface area contributed by atoms with Gasteiger partial charge >= 0.3 is 23.9 Å². The van der Waals surface area contributed by atoms with Crippen LogP contribution in [-0.4, -0.2) is 44.3 Å². The van der Waals surface area contributed by atoms with Gasteiger partial charge in [0.15, 0.2) is 0 Å². The van der Waals surface area contributed by atoms with Gasteiger partial charge < -0.3 is 20.4 Å². The minimum Gasteiger partial charge on any atom is -0.481 e. The van der Waals surface area contributed by atoms with Crippen LogP contribution in [0.3, 0.4) is 0 Å². The van der Waals surface area contributed by atoms with Crippen molar-refractivity contribution in [2.45, 2.75) is 25.7 Å². The Morgan fingerprint density at radius 3 is 1.09 bits per heavy atom. The molecule has 0 aliphatic carbocycles. The molecule has 0 aliphatic rings. The van der Waals surface area contributed by atoms with Crippen molar-refractivity contribution in [3.63, 3.8) is 0 Å². The van der Waals surface area contributed by atoms with E-state index in [0.717, 1.165) is 0 Å². The average molecular weight is 310 g/mol. The molecule has 0 aromatic heterocycles. The molecule has 8 nitrogen and oxygen atoms in total. The van der Waals surface area contributed by atoms with Crippen LogP contribution in [0.1, 0.15) is 22.3 Å². The number of rotatable bonds is 8. The van der Waals surface area contributed by atoms with Gasteiger partial charge in [-0.25, -0.2) is 0 Å². The van der Waals surface area contributed by atoms with Crippen LogP contribution in [0.15, 0.2) is 12.1 Å². The predicted octanol–water partition coefficient (Wildman–Crippen LogP) is 0.195. The Morgan fingerprint density at radius 2 is 0.864 bits per heavy atom. The molecule has 0 unspecified atom stereocenters. The van der Waals surface area contributed by atoms with E-state index in [1.54, 1.807) is 0 Å². The van der Waals surface area contributed by atoms with Crippen LogP contribution in [0.25, 0.3) is 0 Å². The molecule has 0 fully saturated rings. The Morgan fingerprint density at radius 1 is 0.591 bits per heavy atom. The molecule has 1 rings (SSSR count). The Kier molecular flexibility index (Phi) is 5.62. The zero-order chi connectivity index (χ0) is 16.9. The van der Waals surface area contributed by atoms with Gasteiger partial charge in [0, 0.05) is 0 Å². The summed E-state index contributed by atoms with van der Waals surface area (Å²) in [5.74, 6) is -4.91. The maximum Gasteiger partial charge on any atom is 0.307 e. The van der Waals surface area contributed by atoms with Gasteiger partial charge in [-0.05, 0) is 22.3 Å². The number of aliphatic carboxylic acids is 4. The molecule has 8 heteroatoms. The number of hydrogen-bond acceptors (Lipinski definition) is 4. The first-order chi connectivity index (χ1) is 10.2. The third kappa shape index (κ3) is 4.89. The van der Waals surface area contributed by atoms with Gasteiger partial charge in [0.05, 0.1) is 25.7 Å². The summed E-state index contributed by atoms with van der Waals surface area (Å²) in [6.07, 6.45) is -2.08. The minimum absolute atomic E-state index is 0.0519. The maximum absolute atomic E-state index is 11.0. The fourth-order valence-corrected chi connectivity index (χ4v) is 2.19.